The zero-order valence-electron chi connectivity index (χ0n) is 13.5. The van der Waals surface area contributed by atoms with Crippen LogP contribution in [-0.2, 0) is 11.3 Å². The largest absolute Gasteiger partial charge is 0.484 e. The Morgan fingerprint density at radius 1 is 1.16 bits per heavy atom. The molecule has 2 aromatic carbocycles. The number of aryl methyl sites for hydroxylation is 1. The molecule has 1 aromatic heterocycles. The van der Waals surface area contributed by atoms with Crippen molar-refractivity contribution >= 4 is 5.91 Å². The molecule has 0 bridgehead atoms. The fourth-order valence-corrected chi connectivity index (χ4v) is 2.11. The van der Waals surface area contributed by atoms with Crippen molar-refractivity contribution in [2.75, 3.05) is 6.61 Å². The summed E-state index contributed by atoms with van der Waals surface area (Å²) in [6.07, 6.45) is 0. The molecule has 0 spiro atoms. The van der Waals surface area contributed by atoms with E-state index in [4.69, 9.17) is 4.74 Å². The van der Waals surface area contributed by atoms with Crippen LogP contribution in [0, 0.1) is 12.7 Å². The van der Waals surface area contributed by atoms with Gasteiger partial charge in [-0.2, -0.15) is 4.68 Å². The van der Waals surface area contributed by atoms with Crippen LogP contribution in [-0.4, -0.2) is 32.7 Å². The van der Waals surface area contributed by atoms with Gasteiger partial charge in [0.1, 0.15) is 11.6 Å². The van der Waals surface area contributed by atoms with Crippen LogP contribution in [0.1, 0.15) is 11.4 Å². The molecule has 0 aliphatic rings. The van der Waals surface area contributed by atoms with Gasteiger partial charge in [-0.1, -0.05) is 17.7 Å². The van der Waals surface area contributed by atoms with Gasteiger partial charge in [0, 0.05) is 0 Å². The molecule has 0 atom stereocenters. The smallest absolute Gasteiger partial charge is 0.258 e. The number of nitrogens with zero attached hydrogens (tertiary/aromatic N) is 4. The maximum atomic E-state index is 13.0. The maximum absolute atomic E-state index is 13.0. The average Bonchev–Trinajstić information content (AvgIpc) is 3.09. The first-order valence-corrected chi connectivity index (χ1v) is 7.61. The lowest BCUT2D eigenvalue weighted by Crippen LogP contribution is -2.29. The van der Waals surface area contributed by atoms with Crippen LogP contribution >= 0.6 is 0 Å². The normalized spacial score (nSPS) is 10.5. The second kappa shape index (κ2) is 7.52. The zero-order valence-corrected chi connectivity index (χ0v) is 13.5. The number of hydrogen-bond acceptors (Lipinski definition) is 5. The SMILES string of the molecule is Cc1ccc(OCC(=O)NCc2nnnn2-c2ccc(F)cc2)cc1. The van der Waals surface area contributed by atoms with Crippen LogP contribution < -0.4 is 10.1 Å². The molecule has 0 saturated carbocycles. The summed E-state index contributed by atoms with van der Waals surface area (Å²) in [5.74, 6) is 0.404. The second-order valence-electron chi connectivity index (χ2n) is 5.36. The lowest BCUT2D eigenvalue weighted by molar-refractivity contribution is -0.123. The molecule has 0 saturated heterocycles. The summed E-state index contributed by atoms with van der Waals surface area (Å²) in [4.78, 5) is 11.9. The Balaban J connectivity index is 1.55. The summed E-state index contributed by atoms with van der Waals surface area (Å²) in [7, 11) is 0. The van der Waals surface area contributed by atoms with E-state index >= 15 is 0 Å². The number of hydrogen-bond donors (Lipinski definition) is 1. The van der Waals surface area contributed by atoms with Crippen molar-refractivity contribution in [3.05, 3.63) is 65.7 Å². The number of tetrazole rings is 1. The predicted molar refractivity (Wildman–Crippen MR) is 87.6 cm³/mol. The molecular formula is C17H16FN5O2. The monoisotopic (exact) mass is 341 g/mol. The standard InChI is InChI=1S/C17H16FN5O2/c1-12-2-8-15(9-3-12)25-11-17(24)19-10-16-20-21-22-23(16)14-6-4-13(18)5-7-14/h2-9H,10-11H2,1H3,(H,19,24). The average molecular weight is 341 g/mol. The number of carbonyl (C=O) groups is 1. The van der Waals surface area contributed by atoms with Crippen LogP contribution in [0.2, 0.25) is 0 Å². The molecule has 0 radical (unpaired) electrons. The Kier molecular flexibility index (Phi) is 4.98. The molecule has 3 rings (SSSR count). The lowest BCUT2D eigenvalue weighted by atomic mass is 10.2. The van der Waals surface area contributed by atoms with Crippen LogP contribution in [0.4, 0.5) is 4.39 Å². The minimum Gasteiger partial charge on any atom is -0.484 e. The Morgan fingerprint density at radius 2 is 1.88 bits per heavy atom. The molecule has 128 valence electrons. The van der Waals surface area contributed by atoms with Crippen LogP contribution in [0.25, 0.3) is 5.69 Å². The molecule has 0 aliphatic carbocycles. The molecule has 8 heteroatoms. The first-order valence-electron chi connectivity index (χ1n) is 7.61. The third kappa shape index (κ3) is 4.37. The van der Waals surface area contributed by atoms with Gasteiger partial charge in [-0.05, 0) is 53.7 Å². The van der Waals surface area contributed by atoms with E-state index < -0.39 is 0 Å². The minimum atomic E-state index is -0.347. The highest BCUT2D eigenvalue weighted by atomic mass is 19.1. The summed E-state index contributed by atoms with van der Waals surface area (Å²) < 4.78 is 19.8. The number of rotatable bonds is 6. The topological polar surface area (TPSA) is 81.9 Å². The van der Waals surface area contributed by atoms with Gasteiger partial charge in [0.25, 0.3) is 5.91 Å². The highest BCUT2D eigenvalue weighted by Gasteiger charge is 2.10. The first-order chi connectivity index (χ1) is 12.1. The van der Waals surface area contributed by atoms with Crippen molar-refractivity contribution in [3.63, 3.8) is 0 Å². The van der Waals surface area contributed by atoms with Crippen molar-refractivity contribution in [1.82, 2.24) is 25.5 Å². The summed E-state index contributed by atoms with van der Waals surface area (Å²) in [5, 5.41) is 14.0. The molecule has 7 nitrogen and oxygen atoms in total. The van der Waals surface area contributed by atoms with Crippen molar-refractivity contribution in [2.45, 2.75) is 13.5 Å². The van der Waals surface area contributed by atoms with E-state index in [0.29, 0.717) is 17.3 Å². The van der Waals surface area contributed by atoms with Gasteiger partial charge in [0.05, 0.1) is 12.2 Å². The molecule has 1 N–H and O–H groups in total. The second-order valence-corrected chi connectivity index (χ2v) is 5.36. The van der Waals surface area contributed by atoms with Crippen molar-refractivity contribution < 1.29 is 13.9 Å². The number of benzene rings is 2. The van der Waals surface area contributed by atoms with Gasteiger partial charge >= 0.3 is 0 Å². The predicted octanol–water partition coefficient (Wildman–Crippen LogP) is 1.81. The van der Waals surface area contributed by atoms with E-state index in [1.54, 1.807) is 24.3 Å². The highest BCUT2D eigenvalue weighted by molar-refractivity contribution is 5.77. The maximum Gasteiger partial charge on any atom is 0.258 e. The molecule has 1 amide bonds. The van der Waals surface area contributed by atoms with E-state index in [1.807, 2.05) is 19.1 Å². The van der Waals surface area contributed by atoms with Gasteiger partial charge in [0.15, 0.2) is 12.4 Å². The number of aromatic nitrogens is 4. The van der Waals surface area contributed by atoms with Crippen LogP contribution in [0.3, 0.4) is 0 Å². The van der Waals surface area contributed by atoms with E-state index in [2.05, 4.69) is 20.8 Å². The van der Waals surface area contributed by atoms with Crippen LogP contribution in [0.15, 0.2) is 48.5 Å². The van der Waals surface area contributed by atoms with Gasteiger partial charge in [0.2, 0.25) is 0 Å². The quantitative estimate of drug-likeness (QED) is 0.739. The van der Waals surface area contributed by atoms with E-state index in [1.165, 1.54) is 16.8 Å². The van der Waals surface area contributed by atoms with Crippen molar-refractivity contribution in [1.29, 1.82) is 0 Å². The van der Waals surface area contributed by atoms with Gasteiger partial charge in [-0.25, -0.2) is 4.39 Å². The molecule has 0 aliphatic heterocycles. The van der Waals surface area contributed by atoms with Crippen LogP contribution in [0.5, 0.6) is 5.75 Å². The van der Waals surface area contributed by atoms with E-state index in [-0.39, 0.29) is 24.9 Å². The van der Waals surface area contributed by atoms with Gasteiger partial charge < -0.3 is 10.1 Å². The fourth-order valence-electron chi connectivity index (χ4n) is 2.11. The van der Waals surface area contributed by atoms with Gasteiger partial charge in [-0.15, -0.1) is 5.10 Å². The summed E-state index contributed by atoms with van der Waals surface area (Å²) in [5.41, 5.74) is 1.72. The molecule has 25 heavy (non-hydrogen) atoms. The highest BCUT2D eigenvalue weighted by Crippen LogP contribution is 2.11. The fraction of sp³-hybridized carbons (Fsp3) is 0.176. The number of ether oxygens (including phenoxy) is 1. The first kappa shape index (κ1) is 16.6. The molecule has 0 fully saturated rings. The van der Waals surface area contributed by atoms with Crippen molar-refractivity contribution in [2.24, 2.45) is 0 Å². The summed E-state index contributed by atoms with van der Waals surface area (Å²) in [6.45, 7) is 1.99. The van der Waals surface area contributed by atoms with Gasteiger partial charge in [-0.3, -0.25) is 4.79 Å². The summed E-state index contributed by atoms with van der Waals surface area (Å²) >= 11 is 0. The lowest BCUT2D eigenvalue weighted by Gasteiger charge is -2.08. The third-order valence-electron chi connectivity index (χ3n) is 3.44. The molecule has 0 unspecified atom stereocenters. The Hall–Kier alpha value is -3.29. The molecule has 3 aromatic rings. The summed E-state index contributed by atoms with van der Waals surface area (Å²) in [6, 6.07) is 13.2. The Bertz CT molecular complexity index is 846. The minimum absolute atomic E-state index is 0.110. The number of nitrogens with one attached hydrogen (secondary N) is 1. The zero-order chi connectivity index (χ0) is 17.6. The number of carbonyl (C=O) groups excluding carboxylic acids is 1. The van der Waals surface area contributed by atoms with Crippen molar-refractivity contribution in [3.8, 4) is 11.4 Å². The Morgan fingerprint density at radius 3 is 2.60 bits per heavy atom. The third-order valence-corrected chi connectivity index (χ3v) is 3.44. The Labute approximate surface area is 143 Å². The van der Waals surface area contributed by atoms with E-state index in [9.17, 15) is 9.18 Å². The van der Waals surface area contributed by atoms with E-state index in [0.717, 1.165) is 5.56 Å². The number of halogens is 1. The molecule has 1 heterocycles. The molecular weight excluding hydrogens is 325 g/mol. The number of amides is 1.